The molecule has 0 aliphatic carbocycles. The second-order valence-electron chi connectivity index (χ2n) is 4.99. The number of hydrogen-bond acceptors (Lipinski definition) is 2. The number of nitrogens with one attached hydrogen (secondary N) is 1. The van der Waals surface area contributed by atoms with Crippen LogP contribution in [0.2, 0.25) is 5.02 Å². The molecule has 5 heteroatoms. The van der Waals surface area contributed by atoms with Crippen molar-refractivity contribution in [1.29, 1.82) is 0 Å². The minimum atomic E-state index is -0.205. The summed E-state index contributed by atoms with van der Waals surface area (Å²) in [4.78, 5) is 25.2. The number of hydrogen-bond donors (Lipinski definition) is 1. The predicted molar refractivity (Wildman–Crippen MR) is 78.6 cm³/mol. The number of benzene rings is 1. The van der Waals surface area contributed by atoms with Gasteiger partial charge < -0.3 is 10.2 Å². The lowest BCUT2D eigenvalue weighted by molar-refractivity contribution is -0.135. The molecule has 1 aliphatic rings. The highest BCUT2D eigenvalue weighted by Crippen LogP contribution is 2.11. The third-order valence-corrected chi connectivity index (χ3v) is 3.63. The van der Waals surface area contributed by atoms with Crippen LogP contribution in [0.4, 0.5) is 0 Å². The molecule has 0 atom stereocenters. The highest BCUT2D eigenvalue weighted by Gasteiger charge is 2.19. The van der Waals surface area contributed by atoms with Crippen LogP contribution in [0.5, 0.6) is 0 Å². The van der Waals surface area contributed by atoms with Crippen LogP contribution in [0, 0.1) is 0 Å². The molecule has 1 heterocycles. The van der Waals surface area contributed by atoms with E-state index in [1.54, 1.807) is 4.90 Å². The largest absolute Gasteiger partial charge is 0.355 e. The first kappa shape index (κ1) is 14.9. The summed E-state index contributed by atoms with van der Waals surface area (Å²) in [7, 11) is 0. The van der Waals surface area contributed by atoms with Crippen LogP contribution in [0.25, 0.3) is 0 Å². The van der Waals surface area contributed by atoms with Crippen molar-refractivity contribution in [2.75, 3.05) is 19.6 Å². The Kier molecular flexibility index (Phi) is 5.41. The highest BCUT2D eigenvalue weighted by atomic mass is 35.5. The monoisotopic (exact) mass is 294 g/mol. The van der Waals surface area contributed by atoms with Gasteiger partial charge in [-0.2, -0.15) is 0 Å². The van der Waals surface area contributed by atoms with Gasteiger partial charge in [0.2, 0.25) is 11.8 Å². The van der Waals surface area contributed by atoms with Crippen molar-refractivity contribution < 1.29 is 9.59 Å². The van der Waals surface area contributed by atoms with Crippen molar-refractivity contribution in [1.82, 2.24) is 10.2 Å². The number of halogens is 1. The normalized spacial score (nSPS) is 14.3. The maximum atomic E-state index is 11.8. The van der Waals surface area contributed by atoms with Gasteiger partial charge in [-0.3, -0.25) is 9.59 Å². The summed E-state index contributed by atoms with van der Waals surface area (Å²) in [6.07, 6.45) is 2.75. The SMILES string of the molecule is O=C(CC(=O)N1CCCC1)NCCc1cccc(Cl)c1. The van der Waals surface area contributed by atoms with Gasteiger partial charge in [0.1, 0.15) is 6.42 Å². The van der Waals surface area contributed by atoms with Gasteiger partial charge >= 0.3 is 0 Å². The molecule has 1 aromatic rings. The molecular weight excluding hydrogens is 276 g/mol. The lowest BCUT2D eigenvalue weighted by atomic mass is 10.1. The van der Waals surface area contributed by atoms with E-state index < -0.39 is 0 Å². The summed E-state index contributed by atoms with van der Waals surface area (Å²) >= 11 is 5.89. The molecule has 1 aliphatic heterocycles. The van der Waals surface area contributed by atoms with E-state index in [0.717, 1.165) is 31.5 Å². The van der Waals surface area contributed by atoms with Gasteiger partial charge in [-0.05, 0) is 37.0 Å². The number of nitrogens with zero attached hydrogens (tertiary/aromatic N) is 1. The number of carbonyl (C=O) groups excluding carboxylic acids is 2. The van der Waals surface area contributed by atoms with Gasteiger partial charge in [0, 0.05) is 24.7 Å². The van der Waals surface area contributed by atoms with Gasteiger partial charge in [0.25, 0.3) is 0 Å². The first-order valence-electron chi connectivity index (χ1n) is 6.94. The van der Waals surface area contributed by atoms with E-state index in [2.05, 4.69) is 5.32 Å². The molecule has 0 aromatic heterocycles. The molecule has 0 bridgehead atoms. The van der Waals surface area contributed by atoms with Crippen LogP contribution in [-0.4, -0.2) is 36.3 Å². The fraction of sp³-hybridized carbons (Fsp3) is 0.467. The quantitative estimate of drug-likeness (QED) is 0.845. The van der Waals surface area contributed by atoms with Crippen molar-refractivity contribution in [3.63, 3.8) is 0 Å². The van der Waals surface area contributed by atoms with E-state index >= 15 is 0 Å². The predicted octanol–water partition coefficient (Wildman–Crippen LogP) is 2.01. The minimum Gasteiger partial charge on any atom is -0.355 e. The smallest absolute Gasteiger partial charge is 0.232 e. The van der Waals surface area contributed by atoms with Crippen molar-refractivity contribution in [2.45, 2.75) is 25.7 Å². The van der Waals surface area contributed by atoms with Crippen molar-refractivity contribution >= 4 is 23.4 Å². The lowest BCUT2D eigenvalue weighted by Crippen LogP contribution is -2.34. The Hall–Kier alpha value is -1.55. The molecule has 0 spiro atoms. The standard InChI is InChI=1S/C15H19ClN2O2/c16-13-5-3-4-12(10-13)6-7-17-14(19)11-15(20)18-8-1-2-9-18/h3-5,10H,1-2,6-9,11H2,(H,17,19). The van der Waals surface area contributed by atoms with Gasteiger partial charge in [-0.1, -0.05) is 23.7 Å². The summed E-state index contributed by atoms with van der Waals surface area (Å²) in [6.45, 7) is 2.09. The topological polar surface area (TPSA) is 49.4 Å². The number of likely N-dealkylation sites (tertiary alicyclic amines) is 1. The van der Waals surface area contributed by atoms with E-state index in [-0.39, 0.29) is 18.2 Å². The van der Waals surface area contributed by atoms with Crippen LogP contribution in [0.1, 0.15) is 24.8 Å². The fourth-order valence-electron chi connectivity index (χ4n) is 2.32. The third kappa shape index (κ3) is 4.53. The summed E-state index contributed by atoms with van der Waals surface area (Å²) in [5, 5.41) is 3.47. The molecule has 108 valence electrons. The van der Waals surface area contributed by atoms with E-state index in [1.165, 1.54) is 0 Å². The Morgan fingerprint density at radius 1 is 1.25 bits per heavy atom. The maximum absolute atomic E-state index is 11.8. The van der Waals surface area contributed by atoms with E-state index in [0.29, 0.717) is 18.0 Å². The molecule has 1 saturated heterocycles. The Bertz CT molecular complexity index is 485. The molecule has 4 nitrogen and oxygen atoms in total. The maximum Gasteiger partial charge on any atom is 0.232 e. The van der Waals surface area contributed by atoms with Gasteiger partial charge in [0.15, 0.2) is 0 Å². The third-order valence-electron chi connectivity index (χ3n) is 3.40. The molecular formula is C15H19ClN2O2. The summed E-state index contributed by atoms with van der Waals surface area (Å²) in [6, 6.07) is 7.55. The molecule has 0 radical (unpaired) electrons. The summed E-state index contributed by atoms with van der Waals surface area (Å²) in [5.41, 5.74) is 1.07. The van der Waals surface area contributed by atoms with Crippen LogP contribution >= 0.6 is 11.6 Å². The van der Waals surface area contributed by atoms with Gasteiger partial charge in [-0.15, -0.1) is 0 Å². The summed E-state index contributed by atoms with van der Waals surface area (Å²) in [5.74, 6) is -0.272. The Balaban J connectivity index is 1.68. The number of amides is 2. The van der Waals surface area contributed by atoms with Crippen LogP contribution in [-0.2, 0) is 16.0 Å². The van der Waals surface area contributed by atoms with Crippen molar-refractivity contribution in [3.05, 3.63) is 34.9 Å². The second kappa shape index (κ2) is 7.29. The molecule has 2 amide bonds. The van der Waals surface area contributed by atoms with Crippen molar-refractivity contribution in [3.8, 4) is 0 Å². The average Bonchev–Trinajstić information content (AvgIpc) is 2.92. The lowest BCUT2D eigenvalue weighted by Gasteiger charge is -2.14. The molecule has 0 unspecified atom stereocenters. The van der Waals surface area contributed by atoms with Gasteiger partial charge in [-0.25, -0.2) is 0 Å². The zero-order valence-corrected chi connectivity index (χ0v) is 12.2. The molecule has 1 fully saturated rings. The first-order valence-corrected chi connectivity index (χ1v) is 7.32. The van der Waals surface area contributed by atoms with Crippen molar-refractivity contribution in [2.24, 2.45) is 0 Å². The Labute approximate surface area is 124 Å². The molecule has 20 heavy (non-hydrogen) atoms. The summed E-state index contributed by atoms with van der Waals surface area (Å²) < 4.78 is 0. The van der Waals surface area contributed by atoms with Gasteiger partial charge in [0.05, 0.1) is 0 Å². The highest BCUT2D eigenvalue weighted by molar-refractivity contribution is 6.30. The Morgan fingerprint density at radius 3 is 2.70 bits per heavy atom. The van der Waals surface area contributed by atoms with Crippen LogP contribution in [0.3, 0.4) is 0 Å². The zero-order valence-electron chi connectivity index (χ0n) is 11.4. The minimum absolute atomic E-state index is 0.0461. The van der Waals surface area contributed by atoms with E-state index in [4.69, 9.17) is 11.6 Å². The molecule has 2 rings (SSSR count). The number of carbonyl (C=O) groups is 2. The van der Waals surface area contributed by atoms with Crippen LogP contribution in [0.15, 0.2) is 24.3 Å². The average molecular weight is 295 g/mol. The number of rotatable bonds is 5. The Morgan fingerprint density at radius 2 is 2.00 bits per heavy atom. The fourth-order valence-corrected chi connectivity index (χ4v) is 2.53. The molecule has 1 N–H and O–H groups in total. The van der Waals surface area contributed by atoms with E-state index in [9.17, 15) is 9.59 Å². The molecule has 0 saturated carbocycles. The molecule has 1 aromatic carbocycles. The first-order chi connectivity index (χ1) is 9.65. The second-order valence-corrected chi connectivity index (χ2v) is 5.43. The zero-order chi connectivity index (χ0) is 14.4. The van der Waals surface area contributed by atoms with Crippen LogP contribution < -0.4 is 5.32 Å². The van der Waals surface area contributed by atoms with E-state index in [1.807, 2.05) is 24.3 Å².